The number of aromatic nitrogens is 2. The lowest BCUT2D eigenvalue weighted by Gasteiger charge is -2.27. The molecule has 1 heterocycles. The Labute approximate surface area is 111 Å². The number of aryl methyl sites for hydroxylation is 1. The topological polar surface area (TPSA) is 86.9 Å². The number of hydrogen-bond donors (Lipinski definition) is 2. The van der Waals surface area contributed by atoms with Crippen LogP contribution in [0, 0.1) is 12.8 Å². The van der Waals surface area contributed by atoms with E-state index in [0.29, 0.717) is 6.54 Å². The summed E-state index contributed by atoms with van der Waals surface area (Å²) in [6.07, 6.45) is 1.95. The van der Waals surface area contributed by atoms with E-state index in [-0.39, 0.29) is 5.92 Å². The molecule has 100 valence electrons. The van der Waals surface area contributed by atoms with Gasteiger partial charge in [0.25, 0.3) is 0 Å². The summed E-state index contributed by atoms with van der Waals surface area (Å²) in [6.45, 7) is 2.33. The number of amides is 1. The molecule has 1 aliphatic carbocycles. The number of rotatable bonds is 4. The zero-order valence-corrected chi connectivity index (χ0v) is 11.0. The molecule has 1 fully saturated rings. The molecule has 2 aromatic rings. The van der Waals surface area contributed by atoms with Crippen LogP contribution in [0.1, 0.15) is 18.7 Å². The quantitative estimate of drug-likeness (QED) is 0.855. The van der Waals surface area contributed by atoms with E-state index >= 15 is 0 Å². The van der Waals surface area contributed by atoms with E-state index in [0.717, 1.165) is 29.7 Å². The van der Waals surface area contributed by atoms with Gasteiger partial charge in [0.15, 0.2) is 0 Å². The fourth-order valence-corrected chi connectivity index (χ4v) is 2.66. The lowest BCUT2D eigenvalue weighted by atomic mass is 9.93. The van der Waals surface area contributed by atoms with Gasteiger partial charge in [0.2, 0.25) is 5.91 Å². The number of carbonyl (C=O) groups excluding carboxylic acids is 1. The minimum Gasteiger partial charge on any atom is -0.368 e. The van der Waals surface area contributed by atoms with E-state index in [4.69, 9.17) is 11.5 Å². The van der Waals surface area contributed by atoms with E-state index < -0.39 is 11.4 Å². The maximum Gasteiger partial charge on any atom is 0.239 e. The normalized spacial score (nSPS) is 18.4. The van der Waals surface area contributed by atoms with Gasteiger partial charge in [0.1, 0.15) is 11.4 Å². The van der Waals surface area contributed by atoms with Crippen LogP contribution in [0.25, 0.3) is 11.0 Å². The Bertz CT molecular complexity index is 644. The van der Waals surface area contributed by atoms with Crippen LogP contribution in [0.15, 0.2) is 24.3 Å². The van der Waals surface area contributed by atoms with Gasteiger partial charge < -0.3 is 16.0 Å². The minimum absolute atomic E-state index is 0.200. The first-order valence-corrected chi connectivity index (χ1v) is 6.53. The lowest BCUT2D eigenvalue weighted by Crippen LogP contribution is -2.56. The molecule has 1 aliphatic rings. The number of hydrogen-bond acceptors (Lipinski definition) is 3. The molecule has 0 saturated heterocycles. The van der Waals surface area contributed by atoms with Crippen LogP contribution in [0.4, 0.5) is 0 Å². The fraction of sp³-hybridized carbons (Fsp3) is 0.429. The van der Waals surface area contributed by atoms with Crippen molar-refractivity contribution in [3.63, 3.8) is 0 Å². The molecule has 1 amide bonds. The minimum atomic E-state index is -0.964. The second-order valence-corrected chi connectivity index (χ2v) is 5.41. The summed E-state index contributed by atoms with van der Waals surface area (Å²) >= 11 is 0. The second kappa shape index (κ2) is 4.06. The van der Waals surface area contributed by atoms with Gasteiger partial charge in [-0.25, -0.2) is 4.98 Å². The number of benzene rings is 1. The maximum absolute atomic E-state index is 11.7. The molecule has 19 heavy (non-hydrogen) atoms. The first-order valence-electron chi connectivity index (χ1n) is 6.53. The number of nitrogens with two attached hydrogens (primary N) is 2. The van der Waals surface area contributed by atoms with Crippen molar-refractivity contribution in [2.75, 3.05) is 0 Å². The summed E-state index contributed by atoms with van der Waals surface area (Å²) in [4.78, 5) is 16.2. The highest BCUT2D eigenvalue weighted by Crippen LogP contribution is 2.39. The Balaban J connectivity index is 2.05. The van der Waals surface area contributed by atoms with Crippen molar-refractivity contribution in [2.45, 2.75) is 31.8 Å². The van der Waals surface area contributed by atoms with Gasteiger partial charge in [0.05, 0.1) is 17.6 Å². The second-order valence-electron chi connectivity index (χ2n) is 5.41. The van der Waals surface area contributed by atoms with E-state index in [1.165, 1.54) is 0 Å². The van der Waals surface area contributed by atoms with E-state index in [1.807, 2.05) is 35.8 Å². The maximum atomic E-state index is 11.7. The highest BCUT2D eigenvalue weighted by molar-refractivity contribution is 5.85. The van der Waals surface area contributed by atoms with Crippen LogP contribution in [0.5, 0.6) is 0 Å². The van der Waals surface area contributed by atoms with Crippen molar-refractivity contribution in [1.82, 2.24) is 9.55 Å². The third-order valence-corrected chi connectivity index (χ3v) is 4.03. The Kier molecular flexibility index (Phi) is 2.60. The predicted molar refractivity (Wildman–Crippen MR) is 73.3 cm³/mol. The Morgan fingerprint density at radius 1 is 1.47 bits per heavy atom. The van der Waals surface area contributed by atoms with Gasteiger partial charge >= 0.3 is 0 Å². The molecular formula is C14H18N4O. The molecule has 0 radical (unpaired) electrons. The molecule has 5 nitrogen and oxygen atoms in total. The summed E-state index contributed by atoms with van der Waals surface area (Å²) in [6, 6.07) is 7.85. The van der Waals surface area contributed by atoms with Crippen LogP contribution in [-0.2, 0) is 11.3 Å². The molecule has 5 heteroatoms. The third-order valence-electron chi connectivity index (χ3n) is 4.03. The number of fused-ring (bicyclic) bond motifs is 1. The molecule has 1 unspecified atom stereocenters. The van der Waals surface area contributed by atoms with Crippen LogP contribution in [0.3, 0.4) is 0 Å². The molecule has 0 spiro atoms. The first kappa shape index (κ1) is 12.2. The van der Waals surface area contributed by atoms with Gasteiger partial charge in [-0.2, -0.15) is 0 Å². The molecule has 4 N–H and O–H groups in total. The monoisotopic (exact) mass is 258 g/mol. The largest absolute Gasteiger partial charge is 0.368 e. The highest BCUT2D eigenvalue weighted by Gasteiger charge is 2.47. The molecular weight excluding hydrogens is 240 g/mol. The summed E-state index contributed by atoms with van der Waals surface area (Å²) in [5, 5.41) is 0. The van der Waals surface area contributed by atoms with Crippen LogP contribution >= 0.6 is 0 Å². The van der Waals surface area contributed by atoms with Gasteiger partial charge in [-0.05, 0) is 37.8 Å². The van der Waals surface area contributed by atoms with E-state index in [9.17, 15) is 4.79 Å². The summed E-state index contributed by atoms with van der Waals surface area (Å²) in [5.41, 5.74) is 12.8. The Morgan fingerprint density at radius 2 is 2.16 bits per heavy atom. The van der Waals surface area contributed by atoms with Crippen LogP contribution in [0.2, 0.25) is 0 Å². The van der Waals surface area contributed by atoms with Crippen molar-refractivity contribution < 1.29 is 4.79 Å². The van der Waals surface area contributed by atoms with Crippen molar-refractivity contribution in [1.29, 1.82) is 0 Å². The third kappa shape index (κ3) is 1.90. The average molecular weight is 258 g/mol. The molecule has 1 aromatic heterocycles. The fourth-order valence-electron chi connectivity index (χ4n) is 2.66. The first-order chi connectivity index (χ1) is 9.02. The van der Waals surface area contributed by atoms with Crippen molar-refractivity contribution in [2.24, 2.45) is 17.4 Å². The molecule has 3 rings (SSSR count). The van der Waals surface area contributed by atoms with Gasteiger partial charge in [0, 0.05) is 0 Å². The predicted octanol–water partition coefficient (Wildman–Crippen LogP) is 0.938. The molecule has 1 saturated carbocycles. The van der Waals surface area contributed by atoms with Crippen LogP contribution < -0.4 is 11.5 Å². The lowest BCUT2D eigenvalue weighted by molar-refractivity contribution is -0.124. The number of imidazole rings is 1. The summed E-state index contributed by atoms with van der Waals surface area (Å²) in [5.74, 6) is 0.635. The molecule has 1 atom stereocenters. The summed E-state index contributed by atoms with van der Waals surface area (Å²) < 4.78 is 2.00. The van der Waals surface area contributed by atoms with Gasteiger partial charge in [-0.15, -0.1) is 0 Å². The number of primary amides is 1. The Hall–Kier alpha value is -1.88. The average Bonchev–Trinajstić information content (AvgIpc) is 3.17. The number of nitrogens with zero attached hydrogens (tertiary/aromatic N) is 2. The van der Waals surface area contributed by atoms with Crippen molar-refractivity contribution in [3.8, 4) is 0 Å². The Morgan fingerprint density at radius 3 is 2.79 bits per heavy atom. The standard InChI is InChI=1S/C14H18N4O/c1-9-17-11-4-2-3-5-12(11)18(9)8-14(16,13(15)19)10-6-7-10/h2-5,10H,6-8,16H2,1H3,(H2,15,19). The highest BCUT2D eigenvalue weighted by atomic mass is 16.1. The van der Waals surface area contributed by atoms with E-state index in [1.54, 1.807) is 0 Å². The zero-order chi connectivity index (χ0) is 13.6. The molecule has 0 aliphatic heterocycles. The van der Waals surface area contributed by atoms with Gasteiger partial charge in [-0.1, -0.05) is 12.1 Å². The zero-order valence-electron chi connectivity index (χ0n) is 11.0. The molecule has 0 bridgehead atoms. The SMILES string of the molecule is Cc1nc2ccccc2n1CC(N)(C(N)=O)C1CC1. The number of carbonyl (C=O) groups is 1. The van der Waals surface area contributed by atoms with E-state index in [2.05, 4.69) is 4.98 Å². The molecule has 1 aromatic carbocycles. The van der Waals surface area contributed by atoms with Gasteiger partial charge in [-0.3, -0.25) is 4.79 Å². The number of para-hydroxylation sites is 2. The van der Waals surface area contributed by atoms with Crippen LogP contribution in [-0.4, -0.2) is 21.0 Å². The van der Waals surface area contributed by atoms with Crippen molar-refractivity contribution >= 4 is 16.9 Å². The smallest absolute Gasteiger partial charge is 0.239 e. The van der Waals surface area contributed by atoms with Crippen molar-refractivity contribution in [3.05, 3.63) is 30.1 Å². The summed E-state index contributed by atoms with van der Waals surface area (Å²) in [7, 11) is 0.